The molecule has 1 heterocycles. The number of aliphatic imine (C=N–C) groups is 1. The fraction of sp³-hybridized carbons (Fsp3) is 0.200. The summed E-state index contributed by atoms with van der Waals surface area (Å²) in [5.41, 5.74) is 1.46. The molecular weight excluding hydrogens is 434 g/mol. The average Bonchev–Trinajstić information content (AvgIpc) is 2.97. The molecule has 140 valence electrons. The number of methoxy groups -OCH3 is 1. The van der Waals surface area contributed by atoms with E-state index in [-0.39, 0.29) is 17.7 Å². The van der Waals surface area contributed by atoms with Crippen LogP contribution in [0.5, 0.6) is 11.5 Å². The summed E-state index contributed by atoms with van der Waals surface area (Å²) in [6, 6.07) is 10.6. The lowest BCUT2D eigenvalue weighted by atomic mass is 10.1. The summed E-state index contributed by atoms with van der Waals surface area (Å²) in [5.74, 6) is 0.792. The number of halogens is 2. The summed E-state index contributed by atoms with van der Waals surface area (Å²) in [5, 5.41) is 0.463. The van der Waals surface area contributed by atoms with Gasteiger partial charge in [0.2, 0.25) is 5.90 Å². The van der Waals surface area contributed by atoms with Crippen molar-refractivity contribution in [2.24, 2.45) is 4.99 Å². The van der Waals surface area contributed by atoms with Gasteiger partial charge in [-0.1, -0.05) is 23.7 Å². The van der Waals surface area contributed by atoms with Gasteiger partial charge in [0, 0.05) is 0 Å². The molecule has 0 aromatic heterocycles. The molecule has 0 unspecified atom stereocenters. The normalized spacial score (nSPS) is 15.1. The van der Waals surface area contributed by atoms with E-state index in [0.717, 1.165) is 0 Å². The minimum Gasteiger partial charge on any atom is -0.493 e. The topological polar surface area (TPSA) is 57.1 Å². The summed E-state index contributed by atoms with van der Waals surface area (Å²) in [6.45, 7) is 3.86. The highest BCUT2D eigenvalue weighted by Crippen LogP contribution is 2.38. The lowest BCUT2D eigenvalue weighted by Crippen LogP contribution is -2.07. The van der Waals surface area contributed by atoms with E-state index >= 15 is 0 Å². The van der Waals surface area contributed by atoms with E-state index in [1.54, 1.807) is 43.5 Å². The molecular formula is C20H17BrClNO4. The van der Waals surface area contributed by atoms with E-state index < -0.39 is 5.97 Å². The third-order valence-electron chi connectivity index (χ3n) is 3.63. The molecule has 0 aliphatic carbocycles. The Bertz CT molecular complexity index is 953. The van der Waals surface area contributed by atoms with Crippen molar-refractivity contribution in [3.8, 4) is 11.5 Å². The molecule has 3 rings (SSSR count). The quantitative estimate of drug-likeness (QED) is 0.461. The average molecular weight is 451 g/mol. The lowest BCUT2D eigenvalue weighted by Gasteiger charge is -2.15. The van der Waals surface area contributed by atoms with Gasteiger partial charge in [0.15, 0.2) is 17.2 Å². The maximum atomic E-state index is 12.2. The third-order valence-corrected chi connectivity index (χ3v) is 4.55. The van der Waals surface area contributed by atoms with Crippen molar-refractivity contribution in [1.82, 2.24) is 0 Å². The van der Waals surface area contributed by atoms with E-state index in [4.69, 9.17) is 25.8 Å². The Hall–Kier alpha value is -2.31. The number of cyclic esters (lactones) is 1. The summed E-state index contributed by atoms with van der Waals surface area (Å²) in [7, 11) is 1.56. The fourth-order valence-corrected chi connectivity index (χ4v) is 3.26. The lowest BCUT2D eigenvalue weighted by molar-refractivity contribution is -0.129. The first-order valence-corrected chi connectivity index (χ1v) is 9.37. The van der Waals surface area contributed by atoms with E-state index in [2.05, 4.69) is 20.9 Å². The first kappa shape index (κ1) is 19.5. The molecule has 0 atom stereocenters. The highest BCUT2D eigenvalue weighted by molar-refractivity contribution is 9.10. The third kappa shape index (κ3) is 4.34. The Balaban J connectivity index is 1.98. The Morgan fingerprint density at radius 3 is 2.67 bits per heavy atom. The van der Waals surface area contributed by atoms with Crippen LogP contribution in [0.1, 0.15) is 25.0 Å². The van der Waals surface area contributed by atoms with Crippen LogP contribution in [0.2, 0.25) is 5.02 Å². The summed E-state index contributed by atoms with van der Waals surface area (Å²) in [4.78, 5) is 16.5. The van der Waals surface area contributed by atoms with Crippen molar-refractivity contribution in [2.75, 3.05) is 7.11 Å². The van der Waals surface area contributed by atoms with Crippen LogP contribution in [0.15, 0.2) is 51.6 Å². The second-order valence-corrected chi connectivity index (χ2v) is 7.28. The van der Waals surface area contributed by atoms with E-state index in [1.807, 2.05) is 19.9 Å². The zero-order valence-corrected chi connectivity index (χ0v) is 17.3. The first-order chi connectivity index (χ1) is 12.9. The molecule has 5 nitrogen and oxygen atoms in total. The molecule has 0 bridgehead atoms. The molecule has 1 aliphatic rings. The molecule has 2 aromatic carbocycles. The van der Waals surface area contributed by atoms with Crippen LogP contribution in [-0.4, -0.2) is 25.1 Å². The second-order valence-electron chi connectivity index (χ2n) is 6.02. The Kier molecular flexibility index (Phi) is 5.87. The van der Waals surface area contributed by atoms with Crippen LogP contribution >= 0.6 is 27.5 Å². The number of rotatable bonds is 5. The minimum absolute atomic E-state index is 0.00741. The molecule has 7 heteroatoms. The molecule has 0 amide bonds. The number of hydrogen-bond acceptors (Lipinski definition) is 5. The van der Waals surface area contributed by atoms with Crippen LogP contribution in [0, 0.1) is 0 Å². The monoisotopic (exact) mass is 449 g/mol. The van der Waals surface area contributed by atoms with Crippen molar-refractivity contribution in [1.29, 1.82) is 0 Å². The summed E-state index contributed by atoms with van der Waals surface area (Å²) >= 11 is 9.64. The van der Waals surface area contributed by atoms with Crippen molar-refractivity contribution in [3.05, 3.63) is 62.7 Å². The van der Waals surface area contributed by atoms with E-state index in [1.165, 1.54) is 0 Å². The summed E-state index contributed by atoms with van der Waals surface area (Å²) in [6.07, 6.45) is 1.62. The van der Waals surface area contributed by atoms with Crippen molar-refractivity contribution in [2.45, 2.75) is 20.0 Å². The first-order valence-electron chi connectivity index (χ1n) is 8.20. The van der Waals surface area contributed by atoms with Crippen molar-refractivity contribution >= 4 is 45.5 Å². The van der Waals surface area contributed by atoms with Gasteiger partial charge in [0.05, 0.1) is 28.3 Å². The molecule has 0 spiro atoms. The van der Waals surface area contributed by atoms with Crippen LogP contribution in [0.3, 0.4) is 0 Å². The number of hydrogen-bond donors (Lipinski definition) is 0. The predicted octanol–water partition coefficient (Wildman–Crippen LogP) is 5.24. The van der Waals surface area contributed by atoms with Gasteiger partial charge in [-0.2, -0.15) is 0 Å². The highest BCUT2D eigenvalue weighted by atomic mass is 79.9. The van der Waals surface area contributed by atoms with Gasteiger partial charge in [0.1, 0.15) is 0 Å². The van der Waals surface area contributed by atoms with E-state index in [9.17, 15) is 4.79 Å². The Morgan fingerprint density at radius 2 is 2.00 bits per heavy atom. The number of nitrogens with zero attached hydrogens (tertiary/aromatic N) is 1. The molecule has 27 heavy (non-hydrogen) atoms. The van der Waals surface area contributed by atoms with Crippen LogP contribution in [0.4, 0.5) is 0 Å². The number of esters is 1. The Morgan fingerprint density at radius 1 is 1.26 bits per heavy atom. The minimum atomic E-state index is -0.539. The molecule has 1 aliphatic heterocycles. The Labute approximate surface area is 170 Å². The van der Waals surface area contributed by atoms with Crippen molar-refractivity contribution < 1.29 is 19.0 Å². The van der Waals surface area contributed by atoms with Crippen LogP contribution in [-0.2, 0) is 9.53 Å². The number of benzene rings is 2. The van der Waals surface area contributed by atoms with Gasteiger partial charge in [-0.25, -0.2) is 9.79 Å². The molecule has 0 N–H and O–H groups in total. The number of ether oxygens (including phenoxy) is 3. The molecule has 2 aromatic rings. The standard InChI is InChI=1S/C20H17BrClNO4/c1-11(2)26-18-14(21)8-12(10-17(18)25-3)9-16-20(24)27-19(23-16)13-6-4-5-7-15(13)22/h4-11H,1-3H3/b16-9-. The number of carbonyl (C=O) groups excluding carboxylic acids is 1. The van der Waals surface area contributed by atoms with Gasteiger partial charge in [-0.15, -0.1) is 0 Å². The van der Waals surface area contributed by atoms with E-state index in [0.29, 0.717) is 32.1 Å². The predicted molar refractivity (Wildman–Crippen MR) is 109 cm³/mol. The molecule has 0 fully saturated rings. The van der Waals surface area contributed by atoms with Gasteiger partial charge in [-0.3, -0.25) is 0 Å². The molecule has 0 saturated carbocycles. The van der Waals surface area contributed by atoms with Gasteiger partial charge in [-0.05, 0) is 65.7 Å². The molecule has 0 saturated heterocycles. The fourth-order valence-electron chi connectivity index (χ4n) is 2.49. The zero-order chi connectivity index (χ0) is 19.6. The second kappa shape index (κ2) is 8.15. The summed E-state index contributed by atoms with van der Waals surface area (Å²) < 4.78 is 17.2. The van der Waals surface area contributed by atoms with Gasteiger partial charge >= 0.3 is 5.97 Å². The van der Waals surface area contributed by atoms with Gasteiger partial charge in [0.25, 0.3) is 0 Å². The van der Waals surface area contributed by atoms with Crippen molar-refractivity contribution in [3.63, 3.8) is 0 Å². The highest BCUT2D eigenvalue weighted by Gasteiger charge is 2.25. The maximum absolute atomic E-state index is 12.2. The largest absolute Gasteiger partial charge is 0.493 e. The van der Waals surface area contributed by atoms with Crippen LogP contribution < -0.4 is 9.47 Å². The SMILES string of the molecule is COc1cc(/C=C2\N=C(c3ccccc3Cl)OC2=O)cc(Br)c1OC(C)C. The van der Waals surface area contributed by atoms with Crippen LogP contribution in [0.25, 0.3) is 6.08 Å². The maximum Gasteiger partial charge on any atom is 0.363 e. The smallest absolute Gasteiger partial charge is 0.363 e. The molecule has 0 radical (unpaired) electrons. The number of carbonyl (C=O) groups is 1. The van der Waals surface area contributed by atoms with Gasteiger partial charge < -0.3 is 14.2 Å². The zero-order valence-electron chi connectivity index (χ0n) is 15.0.